The highest BCUT2D eigenvalue weighted by molar-refractivity contribution is 7.85. The highest BCUT2D eigenvalue weighted by Crippen LogP contribution is 2.36. The summed E-state index contributed by atoms with van der Waals surface area (Å²) in [5, 5.41) is 47.0. The van der Waals surface area contributed by atoms with Crippen molar-refractivity contribution in [2.45, 2.75) is 82.4 Å². The Morgan fingerprint density at radius 2 is 1.60 bits per heavy atom. The average molecular weight is 620 g/mol. The van der Waals surface area contributed by atoms with Gasteiger partial charge in [-0.1, -0.05) is 20.8 Å². The van der Waals surface area contributed by atoms with Crippen LogP contribution in [0.4, 0.5) is 0 Å². The molecule has 2 rings (SSSR count). The Morgan fingerprint density at radius 3 is 2.10 bits per heavy atom. The van der Waals surface area contributed by atoms with E-state index >= 15 is 0 Å². The van der Waals surface area contributed by atoms with Gasteiger partial charge < -0.3 is 53.9 Å². The van der Waals surface area contributed by atoms with Crippen molar-refractivity contribution in [3.8, 4) is 0 Å². The molecule has 0 aromatic carbocycles. The molecular formula is C22H39N2O14S2-3. The number of aliphatic hydroxyl groups excluding tert-OH is 3. The first kappa shape index (κ1) is 35.2. The molecule has 0 spiro atoms. The third-order valence-corrected chi connectivity index (χ3v) is 8.33. The largest absolute Gasteiger partial charge is 0.748 e. The number of rotatable bonds is 13. The average Bonchev–Trinajstić information content (AvgIpc) is 2.78. The molecule has 2 aliphatic carbocycles. The highest BCUT2D eigenvalue weighted by atomic mass is 32.2. The van der Waals surface area contributed by atoms with Crippen LogP contribution >= 0.6 is 0 Å². The van der Waals surface area contributed by atoms with Crippen molar-refractivity contribution in [3.05, 3.63) is 0 Å². The van der Waals surface area contributed by atoms with E-state index in [1.54, 1.807) is 4.72 Å². The van der Waals surface area contributed by atoms with E-state index in [9.17, 15) is 51.2 Å². The molecule has 0 aliphatic heterocycles. The second-order valence-corrected chi connectivity index (χ2v) is 14.0. The topological polar surface area (TPSA) is 267 Å². The SMILES string of the molecule is CO[C@@H]1CC(C(=O)[O-])[C@H](O[C@@H]2CC(CS(=O)(=O)[O-])[C@H](OCCNCC(C)(C)C)[C@@H](O)C2NS(=O)(=O)[O-])[C@@H](O)C1O. The molecule has 40 heavy (non-hydrogen) atoms. The molecule has 0 amide bonds. The molecule has 2 saturated carbocycles. The Balaban J connectivity index is 2.37. The molecule has 0 aromatic rings. The van der Waals surface area contributed by atoms with Crippen molar-refractivity contribution in [1.29, 1.82) is 0 Å². The lowest BCUT2D eigenvalue weighted by Gasteiger charge is -2.49. The standard InChI is InChI=1S/C22H42N2O14S2/c1-22(2,3)10-23-5-6-37-19-11(9-39(30,31)32)7-13(15(17(19)26)24-40(33,34)35)38-20-12(21(28)29)8-14(36-4)16(25)18(20)27/h11-20,23-27H,5-10H2,1-4H3,(H,28,29)(H,30,31,32)(H,33,34,35)/p-3/t11?,12?,13-,14-,15?,16?,17+,18+,19+,20+/m1/s1. The summed E-state index contributed by atoms with van der Waals surface area (Å²) in [6.07, 6.45) is -12.3. The zero-order valence-electron chi connectivity index (χ0n) is 22.7. The summed E-state index contributed by atoms with van der Waals surface area (Å²) in [6, 6.07) is -1.80. The van der Waals surface area contributed by atoms with E-state index in [1.807, 2.05) is 20.8 Å². The van der Waals surface area contributed by atoms with Gasteiger partial charge in [0.1, 0.15) is 12.2 Å². The molecule has 0 radical (unpaired) electrons. The van der Waals surface area contributed by atoms with E-state index in [1.165, 1.54) is 7.11 Å². The predicted octanol–water partition coefficient (Wildman–Crippen LogP) is -4.39. The number of carbonyl (C=O) groups is 1. The van der Waals surface area contributed by atoms with Gasteiger partial charge in [-0.3, -0.25) is 0 Å². The van der Waals surface area contributed by atoms with E-state index in [0.717, 1.165) is 0 Å². The van der Waals surface area contributed by atoms with Crippen LogP contribution in [0, 0.1) is 17.3 Å². The van der Waals surface area contributed by atoms with Gasteiger partial charge in [-0.25, -0.2) is 21.6 Å². The van der Waals surface area contributed by atoms with Crippen LogP contribution < -0.4 is 15.1 Å². The Hall–Kier alpha value is -1.03. The number of carbonyl (C=O) groups excluding carboxylic acids is 1. The van der Waals surface area contributed by atoms with Crippen molar-refractivity contribution in [2.75, 3.05) is 32.6 Å². The van der Waals surface area contributed by atoms with Crippen molar-refractivity contribution in [3.63, 3.8) is 0 Å². The van der Waals surface area contributed by atoms with Crippen LogP contribution in [0.15, 0.2) is 0 Å². The number of aliphatic carboxylic acids is 1. The fraction of sp³-hybridized carbons (Fsp3) is 0.955. The maximum absolute atomic E-state index is 11.8. The highest BCUT2D eigenvalue weighted by Gasteiger charge is 2.51. The Labute approximate surface area is 234 Å². The first-order chi connectivity index (χ1) is 18.2. The van der Waals surface area contributed by atoms with Crippen molar-refractivity contribution >= 4 is 26.4 Å². The van der Waals surface area contributed by atoms with Gasteiger partial charge in [-0.05, 0) is 18.3 Å². The first-order valence-corrected chi connectivity index (χ1v) is 15.6. The van der Waals surface area contributed by atoms with Crippen molar-refractivity contribution in [1.82, 2.24) is 10.0 Å². The smallest absolute Gasteiger partial charge is 0.159 e. The van der Waals surface area contributed by atoms with Gasteiger partial charge in [-0.15, -0.1) is 0 Å². The summed E-state index contributed by atoms with van der Waals surface area (Å²) < 4.78 is 87.9. The number of ether oxygens (including phenoxy) is 3. The molecule has 4 unspecified atom stereocenters. The van der Waals surface area contributed by atoms with Crippen LogP contribution in [0.3, 0.4) is 0 Å². The minimum atomic E-state index is -5.27. The van der Waals surface area contributed by atoms with Crippen LogP contribution in [0.5, 0.6) is 0 Å². The molecule has 0 heterocycles. The van der Waals surface area contributed by atoms with Gasteiger partial charge in [0.05, 0.1) is 53.3 Å². The number of aliphatic hydroxyl groups is 3. The monoisotopic (exact) mass is 619 g/mol. The molecule has 18 heteroatoms. The molecule has 236 valence electrons. The maximum Gasteiger partial charge on any atom is 0.159 e. The summed E-state index contributed by atoms with van der Waals surface area (Å²) in [6.45, 7) is 6.66. The Morgan fingerprint density at radius 1 is 0.975 bits per heavy atom. The Bertz CT molecular complexity index is 1050. The van der Waals surface area contributed by atoms with Gasteiger partial charge in [0.2, 0.25) is 0 Å². The maximum atomic E-state index is 11.8. The lowest BCUT2D eigenvalue weighted by molar-refractivity contribution is -0.323. The molecule has 0 bridgehead atoms. The molecule has 2 aliphatic rings. The first-order valence-electron chi connectivity index (χ1n) is 12.7. The molecule has 2 fully saturated rings. The zero-order valence-corrected chi connectivity index (χ0v) is 24.3. The lowest BCUT2D eigenvalue weighted by atomic mass is 9.78. The fourth-order valence-corrected chi connectivity index (χ4v) is 6.62. The fourth-order valence-electron chi connectivity index (χ4n) is 5.14. The normalized spacial score (nSPS) is 35.9. The van der Waals surface area contributed by atoms with E-state index < -0.39 is 99.2 Å². The van der Waals surface area contributed by atoms with Crippen molar-refractivity contribution in [2.24, 2.45) is 17.3 Å². The van der Waals surface area contributed by atoms with Gasteiger partial charge in [-0.2, -0.15) is 0 Å². The van der Waals surface area contributed by atoms with Gasteiger partial charge in [0.25, 0.3) is 0 Å². The van der Waals surface area contributed by atoms with E-state index in [-0.39, 0.29) is 25.0 Å². The van der Waals surface area contributed by atoms with Crippen LogP contribution in [-0.4, -0.2) is 129 Å². The Kier molecular flexibility index (Phi) is 12.3. The van der Waals surface area contributed by atoms with Crippen LogP contribution in [0.2, 0.25) is 0 Å². The third-order valence-electron chi connectivity index (χ3n) is 6.94. The summed E-state index contributed by atoms with van der Waals surface area (Å²) in [7, 11) is -9.01. The molecule has 16 nitrogen and oxygen atoms in total. The molecule has 0 aromatic heterocycles. The molecule has 5 N–H and O–H groups in total. The summed E-state index contributed by atoms with van der Waals surface area (Å²) in [4.78, 5) is 11.8. The number of methoxy groups -OCH3 is 1. The van der Waals surface area contributed by atoms with Gasteiger partial charge in [0, 0.05) is 43.8 Å². The third kappa shape index (κ3) is 10.4. The summed E-state index contributed by atoms with van der Waals surface area (Å²) in [5.74, 6) is -5.63. The number of carboxylic acids is 1. The zero-order chi connectivity index (χ0) is 30.6. The molecular weight excluding hydrogens is 580 g/mol. The van der Waals surface area contributed by atoms with Gasteiger partial charge >= 0.3 is 0 Å². The second-order valence-electron chi connectivity index (χ2n) is 11.4. The van der Waals surface area contributed by atoms with Gasteiger partial charge in [0.15, 0.2) is 10.3 Å². The van der Waals surface area contributed by atoms with E-state index in [4.69, 9.17) is 14.2 Å². The number of hydrogen-bond acceptors (Lipinski definition) is 15. The van der Waals surface area contributed by atoms with E-state index in [2.05, 4.69) is 5.32 Å². The number of hydrogen-bond donors (Lipinski definition) is 5. The minimum Gasteiger partial charge on any atom is -0.748 e. The minimum absolute atomic E-state index is 0.0740. The van der Waals surface area contributed by atoms with Crippen LogP contribution in [0.25, 0.3) is 0 Å². The summed E-state index contributed by atoms with van der Waals surface area (Å²) in [5.41, 5.74) is -0.0740. The number of carboxylic acid groups (broad SMARTS) is 1. The molecule has 0 saturated heterocycles. The molecule has 10 atom stereocenters. The van der Waals surface area contributed by atoms with Crippen LogP contribution in [0.1, 0.15) is 33.6 Å². The quantitative estimate of drug-likeness (QED) is 0.0962. The van der Waals surface area contributed by atoms with Crippen molar-refractivity contribution < 1.29 is 65.4 Å². The number of nitrogens with one attached hydrogen (secondary N) is 2. The predicted molar refractivity (Wildman–Crippen MR) is 132 cm³/mol. The summed E-state index contributed by atoms with van der Waals surface area (Å²) >= 11 is 0. The second kappa shape index (κ2) is 14.0. The van der Waals surface area contributed by atoms with Crippen LogP contribution in [-0.2, 0) is 39.4 Å². The lowest BCUT2D eigenvalue weighted by Crippen LogP contribution is -2.66. The van der Waals surface area contributed by atoms with E-state index in [0.29, 0.717) is 6.54 Å².